The number of anilines is 2. The summed E-state index contributed by atoms with van der Waals surface area (Å²) in [4.78, 5) is 11.1. The van der Waals surface area contributed by atoms with Gasteiger partial charge in [0.1, 0.15) is 11.3 Å². The largest absolute Gasteiger partial charge is 0.505 e. The van der Waals surface area contributed by atoms with Crippen LogP contribution in [0.15, 0.2) is 65.6 Å². The SMILES string of the molecule is COc1ccc(-c2cccc(S(=O)(=O)Nc3cccc(C(=O)O)c3O)c2)cc1N. The maximum absolute atomic E-state index is 12.8. The Bertz CT molecular complexity index is 1190. The summed E-state index contributed by atoms with van der Waals surface area (Å²) in [5.74, 6) is -1.53. The zero-order chi connectivity index (χ0) is 21.2. The number of aromatic carboxylic acids is 1. The van der Waals surface area contributed by atoms with Crippen LogP contribution in [0.3, 0.4) is 0 Å². The molecule has 0 heterocycles. The van der Waals surface area contributed by atoms with E-state index >= 15 is 0 Å². The van der Waals surface area contributed by atoms with E-state index in [4.69, 9.17) is 15.6 Å². The average Bonchev–Trinajstić information content (AvgIpc) is 2.69. The van der Waals surface area contributed by atoms with Crippen LogP contribution in [0.5, 0.6) is 11.5 Å². The molecule has 0 amide bonds. The number of ether oxygens (including phenoxy) is 1. The van der Waals surface area contributed by atoms with Crippen LogP contribution in [0.4, 0.5) is 11.4 Å². The highest BCUT2D eigenvalue weighted by molar-refractivity contribution is 7.92. The average molecular weight is 414 g/mol. The smallest absolute Gasteiger partial charge is 0.339 e. The normalized spacial score (nSPS) is 11.1. The van der Waals surface area contributed by atoms with Gasteiger partial charge in [-0.05, 0) is 47.5 Å². The summed E-state index contributed by atoms with van der Waals surface area (Å²) in [6.45, 7) is 0. The van der Waals surface area contributed by atoms with Gasteiger partial charge in [0, 0.05) is 0 Å². The molecule has 29 heavy (non-hydrogen) atoms. The van der Waals surface area contributed by atoms with Gasteiger partial charge in [-0.3, -0.25) is 4.72 Å². The topological polar surface area (TPSA) is 139 Å². The fourth-order valence-electron chi connectivity index (χ4n) is 2.76. The number of benzene rings is 3. The molecule has 9 heteroatoms. The van der Waals surface area contributed by atoms with Gasteiger partial charge >= 0.3 is 5.97 Å². The number of nitrogen functional groups attached to an aromatic ring is 1. The predicted octanol–water partition coefficient (Wildman–Crippen LogP) is 3.15. The van der Waals surface area contributed by atoms with E-state index in [9.17, 15) is 18.3 Å². The van der Waals surface area contributed by atoms with Crippen molar-refractivity contribution in [3.05, 3.63) is 66.2 Å². The molecule has 0 saturated heterocycles. The van der Waals surface area contributed by atoms with Gasteiger partial charge in [0.05, 0.1) is 23.4 Å². The third-order valence-corrected chi connectivity index (χ3v) is 5.58. The third kappa shape index (κ3) is 4.09. The summed E-state index contributed by atoms with van der Waals surface area (Å²) >= 11 is 0. The molecule has 0 fully saturated rings. The fourth-order valence-corrected chi connectivity index (χ4v) is 3.87. The summed E-state index contributed by atoms with van der Waals surface area (Å²) < 4.78 is 32.9. The van der Waals surface area contributed by atoms with Crippen LogP contribution in [-0.4, -0.2) is 31.7 Å². The minimum atomic E-state index is -4.09. The van der Waals surface area contributed by atoms with Gasteiger partial charge in [0.15, 0.2) is 5.75 Å². The van der Waals surface area contributed by atoms with Crippen molar-refractivity contribution in [2.45, 2.75) is 4.90 Å². The van der Waals surface area contributed by atoms with Gasteiger partial charge < -0.3 is 20.7 Å². The number of carboxylic acid groups (broad SMARTS) is 1. The second-order valence-corrected chi connectivity index (χ2v) is 7.78. The number of methoxy groups -OCH3 is 1. The molecule has 0 unspecified atom stereocenters. The van der Waals surface area contributed by atoms with E-state index < -0.39 is 27.3 Å². The Hall–Kier alpha value is -3.72. The van der Waals surface area contributed by atoms with Gasteiger partial charge in [0.2, 0.25) is 0 Å². The number of aromatic hydroxyl groups is 1. The molecule has 0 saturated carbocycles. The summed E-state index contributed by atoms with van der Waals surface area (Å²) in [6.07, 6.45) is 0. The highest BCUT2D eigenvalue weighted by Gasteiger charge is 2.20. The highest BCUT2D eigenvalue weighted by atomic mass is 32.2. The first kappa shape index (κ1) is 20.0. The summed E-state index contributed by atoms with van der Waals surface area (Å²) in [7, 11) is -2.59. The lowest BCUT2D eigenvalue weighted by Gasteiger charge is -2.12. The number of para-hydroxylation sites is 1. The van der Waals surface area contributed by atoms with E-state index in [0.717, 1.165) is 0 Å². The maximum atomic E-state index is 12.8. The molecule has 150 valence electrons. The number of sulfonamides is 1. The molecule has 0 aromatic heterocycles. The molecular formula is C20H18N2O6S. The third-order valence-electron chi connectivity index (χ3n) is 4.22. The Labute approximate surface area is 167 Å². The summed E-state index contributed by atoms with van der Waals surface area (Å²) in [6, 6.07) is 15.0. The molecule has 0 spiro atoms. The van der Waals surface area contributed by atoms with Crippen molar-refractivity contribution in [1.29, 1.82) is 0 Å². The zero-order valence-electron chi connectivity index (χ0n) is 15.3. The number of carbonyl (C=O) groups is 1. The molecule has 5 N–H and O–H groups in total. The number of phenols is 1. The van der Waals surface area contributed by atoms with Crippen molar-refractivity contribution >= 4 is 27.4 Å². The van der Waals surface area contributed by atoms with Crippen molar-refractivity contribution < 1.29 is 28.2 Å². The highest BCUT2D eigenvalue weighted by Crippen LogP contribution is 2.32. The minimum absolute atomic E-state index is 0.0653. The molecular weight excluding hydrogens is 396 g/mol. The molecule has 0 aliphatic carbocycles. The number of hydrogen-bond acceptors (Lipinski definition) is 6. The Morgan fingerprint density at radius 2 is 1.72 bits per heavy atom. The van der Waals surface area contributed by atoms with E-state index in [1.807, 2.05) is 0 Å². The lowest BCUT2D eigenvalue weighted by molar-refractivity contribution is 0.0694. The molecule has 0 bridgehead atoms. The molecule has 8 nitrogen and oxygen atoms in total. The van der Waals surface area contributed by atoms with Crippen molar-refractivity contribution in [2.75, 3.05) is 17.6 Å². The maximum Gasteiger partial charge on any atom is 0.339 e. The Kier molecular flexibility index (Phi) is 5.33. The van der Waals surface area contributed by atoms with Gasteiger partial charge in [-0.25, -0.2) is 13.2 Å². The Morgan fingerprint density at radius 3 is 2.38 bits per heavy atom. The Morgan fingerprint density at radius 1 is 1.03 bits per heavy atom. The molecule has 0 aliphatic heterocycles. The molecule has 0 aliphatic rings. The van der Waals surface area contributed by atoms with Crippen LogP contribution in [0.2, 0.25) is 0 Å². The molecule has 3 aromatic rings. The first-order valence-corrected chi connectivity index (χ1v) is 9.83. The van der Waals surface area contributed by atoms with E-state index in [0.29, 0.717) is 22.6 Å². The van der Waals surface area contributed by atoms with Crippen molar-refractivity contribution in [1.82, 2.24) is 0 Å². The van der Waals surface area contributed by atoms with E-state index in [-0.39, 0.29) is 10.6 Å². The van der Waals surface area contributed by atoms with Crippen molar-refractivity contribution in [3.63, 3.8) is 0 Å². The first-order chi connectivity index (χ1) is 13.7. The number of nitrogens with two attached hydrogens (primary N) is 1. The van der Waals surface area contributed by atoms with Crippen LogP contribution in [0, 0.1) is 0 Å². The lowest BCUT2D eigenvalue weighted by atomic mass is 10.0. The Balaban J connectivity index is 1.97. The first-order valence-electron chi connectivity index (χ1n) is 8.35. The van der Waals surface area contributed by atoms with Gasteiger partial charge in [-0.15, -0.1) is 0 Å². The second kappa shape index (κ2) is 7.72. The second-order valence-electron chi connectivity index (χ2n) is 6.10. The number of nitrogens with one attached hydrogen (secondary N) is 1. The molecule has 3 aromatic carbocycles. The van der Waals surface area contributed by atoms with Gasteiger partial charge in [-0.2, -0.15) is 0 Å². The number of rotatable bonds is 6. The van der Waals surface area contributed by atoms with Gasteiger partial charge in [-0.1, -0.05) is 24.3 Å². The van der Waals surface area contributed by atoms with E-state index in [1.54, 1.807) is 30.3 Å². The van der Waals surface area contributed by atoms with Crippen LogP contribution >= 0.6 is 0 Å². The lowest BCUT2D eigenvalue weighted by Crippen LogP contribution is -2.13. The quantitative estimate of drug-likeness (QED) is 0.359. The molecule has 0 atom stereocenters. The number of hydrogen-bond donors (Lipinski definition) is 4. The van der Waals surface area contributed by atoms with E-state index in [2.05, 4.69) is 4.72 Å². The fraction of sp³-hybridized carbons (Fsp3) is 0.0500. The van der Waals surface area contributed by atoms with Crippen molar-refractivity contribution in [3.8, 4) is 22.6 Å². The van der Waals surface area contributed by atoms with Crippen LogP contribution in [0.25, 0.3) is 11.1 Å². The molecule has 0 radical (unpaired) electrons. The monoisotopic (exact) mass is 414 g/mol. The summed E-state index contributed by atoms with van der Waals surface area (Å²) in [5, 5.41) is 19.1. The standard InChI is InChI=1S/C20H18N2O6S/c1-28-18-9-8-13(11-16(18)21)12-4-2-5-14(10-12)29(26,27)22-17-7-3-6-15(19(17)23)20(24)25/h2-11,22-23H,21H2,1H3,(H,24,25). The summed E-state index contributed by atoms with van der Waals surface area (Å²) in [5.41, 5.74) is 6.98. The predicted molar refractivity (Wildman–Crippen MR) is 109 cm³/mol. The van der Waals surface area contributed by atoms with Crippen LogP contribution in [0.1, 0.15) is 10.4 Å². The van der Waals surface area contributed by atoms with Crippen molar-refractivity contribution in [2.24, 2.45) is 0 Å². The van der Waals surface area contributed by atoms with Crippen LogP contribution in [-0.2, 0) is 10.0 Å². The minimum Gasteiger partial charge on any atom is -0.505 e. The zero-order valence-corrected chi connectivity index (χ0v) is 16.1. The van der Waals surface area contributed by atoms with Crippen LogP contribution < -0.4 is 15.2 Å². The number of carboxylic acids is 1. The molecule has 3 rings (SSSR count). The van der Waals surface area contributed by atoms with E-state index in [1.165, 1.54) is 37.4 Å². The van der Waals surface area contributed by atoms with Gasteiger partial charge in [0.25, 0.3) is 10.0 Å².